The lowest BCUT2D eigenvalue weighted by atomic mass is 9.86. The van der Waals surface area contributed by atoms with Gasteiger partial charge in [0.2, 0.25) is 0 Å². The van der Waals surface area contributed by atoms with E-state index in [4.69, 9.17) is 0 Å². The van der Waals surface area contributed by atoms with Crippen LogP contribution in [0.5, 0.6) is 0 Å². The predicted molar refractivity (Wildman–Crippen MR) is 79.7 cm³/mol. The predicted octanol–water partition coefficient (Wildman–Crippen LogP) is 3.00. The normalized spacial score (nSPS) is 20.1. The molecule has 22 heavy (non-hydrogen) atoms. The van der Waals surface area contributed by atoms with Gasteiger partial charge in [-0.2, -0.15) is 0 Å². The number of hydrogen-bond acceptors (Lipinski definition) is 3. The molecule has 0 aromatic heterocycles. The van der Waals surface area contributed by atoms with E-state index in [-0.39, 0.29) is 23.6 Å². The van der Waals surface area contributed by atoms with Gasteiger partial charge in [-0.3, -0.25) is 19.3 Å². The van der Waals surface area contributed by atoms with Gasteiger partial charge in [0.25, 0.3) is 11.8 Å². The van der Waals surface area contributed by atoms with Crippen LogP contribution in [-0.4, -0.2) is 22.5 Å². The fraction of sp³-hybridized carbons (Fsp3) is 0.167. The number of amides is 2. The van der Waals surface area contributed by atoms with Crippen LogP contribution in [0.25, 0.3) is 0 Å². The Morgan fingerprint density at radius 3 is 1.95 bits per heavy atom. The van der Waals surface area contributed by atoms with Crippen molar-refractivity contribution in [1.29, 1.82) is 0 Å². The van der Waals surface area contributed by atoms with Gasteiger partial charge in [-0.05, 0) is 24.1 Å². The maximum absolute atomic E-state index is 12.6. The van der Waals surface area contributed by atoms with E-state index in [2.05, 4.69) is 0 Å². The summed E-state index contributed by atoms with van der Waals surface area (Å²) in [7, 11) is 0. The summed E-state index contributed by atoms with van der Waals surface area (Å²) in [6, 6.07) is 13.7. The van der Waals surface area contributed by atoms with E-state index in [1.54, 1.807) is 30.3 Å². The third-order valence-electron chi connectivity index (χ3n) is 4.40. The second-order valence-electron chi connectivity index (χ2n) is 5.59. The first-order chi connectivity index (χ1) is 10.7. The van der Waals surface area contributed by atoms with Crippen LogP contribution in [0, 0.1) is 0 Å². The maximum Gasteiger partial charge on any atom is 0.262 e. The summed E-state index contributed by atoms with van der Waals surface area (Å²) in [4.78, 5) is 38.6. The molecule has 1 atom stereocenters. The number of fused-ring (bicyclic) bond motifs is 2. The van der Waals surface area contributed by atoms with E-state index in [9.17, 15) is 14.4 Å². The smallest absolute Gasteiger partial charge is 0.262 e. The molecule has 1 aliphatic carbocycles. The Labute approximate surface area is 127 Å². The van der Waals surface area contributed by atoms with Gasteiger partial charge < -0.3 is 0 Å². The number of carbonyl (C=O) groups is 3. The highest BCUT2D eigenvalue weighted by Crippen LogP contribution is 2.38. The second-order valence-corrected chi connectivity index (χ2v) is 5.59. The summed E-state index contributed by atoms with van der Waals surface area (Å²) in [5.41, 5.74) is 2.28. The number of imide groups is 1. The van der Waals surface area contributed by atoms with Crippen LogP contribution in [0.1, 0.15) is 55.5 Å². The summed E-state index contributed by atoms with van der Waals surface area (Å²) < 4.78 is 0. The summed E-state index contributed by atoms with van der Waals surface area (Å²) in [6.45, 7) is 0. The van der Waals surface area contributed by atoms with E-state index in [0.29, 0.717) is 29.5 Å². The minimum absolute atomic E-state index is 0.0726. The number of ketones is 1. The molecule has 0 saturated carbocycles. The largest absolute Gasteiger partial charge is 0.294 e. The zero-order valence-electron chi connectivity index (χ0n) is 11.8. The summed E-state index contributed by atoms with van der Waals surface area (Å²) in [5, 5.41) is 0. The third-order valence-corrected chi connectivity index (χ3v) is 4.40. The lowest BCUT2D eigenvalue weighted by Gasteiger charge is -2.31. The lowest BCUT2D eigenvalue weighted by Crippen LogP contribution is -2.36. The van der Waals surface area contributed by atoms with Crippen molar-refractivity contribution in [1.82, 2.24) is 4.90 Å². The average Bonchev–Trinajstić information content (AvgIpc) is 2.81. The van der Waals surface area contributed by atoms with Gasteiger partial charge in [-0.15, -0.1) is 0 Å². The van der Waals surface area contributed by atoms with Crippen molar-refractivity contribution in [2.75, 3.05) is 0 Å². The Bertz CT molecular complexity index is 790. The molecule has 1 aliphatic heterocycles. The number of rotatable bonds is 1. The minimum Gasteiger partial charge on any atom is -0.294 e. The topological polar surface area (TPSA) is 54.5 Å². The van der Waals surface area contributed by atoms with E-state index < -0.39 is 0 Å². The summed E-state index contributed by atoms with van der Waals surface area (Å²) in [6.07, 6.45) is 0.844. The first-order valence-electron chi connectivity index (χ1n) is 7.27. The Kier molecular flexibility index (Phi) is 2.73. The molecule has 0 fully saturated rings. The van der Waals surface area contributed by atoms with Crippen molar-refractivity contribution < 1.29 is 14.4 Å². The molecule has 0 bridgehead atoms. The zero-order valence-corrected chi connectivity index (χ0v) is 11.8. The first-order valence-corrected chi connectivity index (χ1v) is 7.27. The van der Waals surface area contributed by atoms with Crippen LogP contribution in [0.3, 0.4) is 0 Å². The SMILES string of the molecule is O=C1CC[C@@H](N2C(=O)c3ccccc3C2=O)c2ccccc21. The number of benzene rings is 2. The summed E-state index contributed by atoms with van der Waals surface area (Å²) >= 11 is 0. The molecule has 2 aliphatic rings. The highest BCUT2D eigenvalue weighted by Gasteiger charge is 2.42. The molecule has 0 spiro atoms. The summed E-state index contributed by atoms with van der Waals surface area (Å²) in [5.74, 6) is -0.465. The van der Waals surface area contributed by atoms with E-state index in [0.717, 1.165) is 5.56 Å². The molecule has 0 saturated heterocycles. The number of carbonyl (C=O) groups excluding carboxylic acids is 3. The van der Waals surface area contributed by atoms with Crippen molar-refractivity contribution >= 4 is 17.6 Å². The van der Waals surface area contributed by atoms with Crippen LogP contribution < -0.4 is 0 Å². The molecule has 2 amide bonds. The lowest BCUT2D eigenvalue weighted by molar-refractivity contribution is 0.0557. The first kappa shape index (κ1) is 13.0. The highest BCUT2D eigenvalue weighted by atomic mass is 16.2. The van der Waals surface area contributed by atoms with Crippen molar-refractivity contribution in [2.24, 2.45) is 0 Å². The fourth-order valence-corrected chi connectivity index (χ4v) is 3.36. The number of Topliss-reactive ketones (excluding diaryl/α,β-unsaturated/α-hetero) is 1. The molecule has 108 valence electrons. The van der Waals surface area contributed by atoms with E-state index in [1.807, 2.05) is 18.2 Å². The fourth-order valence-electron chi connectivity index (χ4n) is 3.36. The third kappa shape index (κ3) is 1.67. The molecule has 0 radical (unpaired) electrons. The molecule has 4 rings (SSSR count). The molecule has 4 heteroatoms. The standard InChI is InChI=1S/C18H13NO3/c20-16-10-9-15(11-5-1-2-6-12(11)16)19-17(21)13-7-3-4-8-14(13)18(19)22/h1-8,15H,9-10H2/t15-/m1/s1. The highest BCUT2D eigenvalue weighted by molar-refractivity contribution is 6.21. The molecule has 0 unspecified atom stereocenters. The Balaban J connectivity index is 1.82. The quantitative estimate of drug-likeness (QED) is 0.759. The van der Waals surface area contributed by atoms with Crippen molar-refractivity contribution in [2.45, 2.75) is 18.9 Å². The average molecular weight is 291 g/mol. The monoisotopic (exact) mass is 291 g/mol. The maximum atomic E-state index is 12.6. The van der Waals surface area contributed by atoms with Gasteiger partial charge in [0.15, 0.2) is 5.78 Å². The van der Waals surface area contributed by atoms with E-state index in [1.165, 1.54) is 4.90 Å². The van der Waals surface area contributed by atoms with Gasteiger partial charge in [0.1, 0.15) is 0 Å². The van der Waals surface area contributed by atoms with E-state index >= 15 is 0 Å². The van der Waals surface area contributed by atoms with Crippen molar-refractivity contribution in [3.63, 3.8) is 0 Å². The van der Waals surface area contributed by atoms with Crippen LogP contribution >= 0.6 is 0 Å². The van der Waals surface area contributed by atoms with Crippen LogP contribution in [0.15, 0.2) is 48.5 Å². The second kappa shape index (κ2) is 4.63. The molecule has 2 aromatic carbocycles. The van der Waals surface area contributed by atoms with Gasteiger partial charge >= 0.3 is 0 Å². The van der Waals surface area contributed by atoms with Crippen molar-refractivity contribution in [3.8, 4) is 0 Å². The Morgan fingerprint density at radius 1 is 0.773 bits per heavy atom. The van der Waals surface area contributed by atoms with Gasteiger partial charge in [0.05, 0.1) is 17.2 Å². The van der Waals surface area contributed by atoms with Crippen LogP contribution in [0.2, 0.25) is 0 Å². The van der Waals surface area contributed by atoms with Crippen LogP contribution in [-0.2, 0) is 0 Å². The number of hydrogen-bond donors (Lipinski definition) is 0. The molecule has 1 heterocycles. The van der Waals surface area contributed by atoms with Gasteiger partial charge in [-0.1, -0.05) is 36.4 Å². The van der Waals surface area contributed by atoms with Crippen molar-refractivity contribution in [3.05, 3.63) is 70.8 Å². The zero-order chi connectivity index (χ0) is 15.3. The molecular formula is C18H13NO3. The van der Waals surface area contributed by atoms with Gasteiger partial charge in [-0.25, -0.2) is 0 Å². The molecule has 2 aromatic rings. The molecule has 4 nitrogen and oxygen atoms in total. The Morgan fingerprint density at radius 2 is 1.32 bits per heavy atom. The number of nitrogens with zero attached hydrogens (tertiary/aromatic N) is 1. The van der Waals surface area contributed by atoms with Crippen LogP contribution in [0.4, 0.5) is 0 Å². The minimum atomic E-state index is -0.360. The van der Waals surface area contributed by atoms with Gasteiger partial charge in [0, 0.05) is 12.0 Å². The Hall–Kier alpha value is -2.75. The molecule has 0 N–H and O–H groups in total. The molecular weight excluding hydrogens is 278 g/mol.